The molecule has 0 N–H and O–H groups in total. The Morgan fingerprint density at radius 3 is 2.79 bits per heavy atom. The van der Waals surface area contributed by atoms with Crippen molar-refractivity contribution in [2.45, 2.75) is 44.8 Å². The summed E-state index contributed by atoms with van der Waals surface area (Å²) in [5, 5.41) is 4.27. The zero-order chi connectivity index (χ0) is 20.1. The summed E-state index contributed by atoms with van der Waals surface area (Å²) in [6, 6.07) is 5.81. The van der Waals surface area contributed by atoms with Crippen LogP contribution in [0.5, 0.6) is 0 Å². The Morgan fingerprint density at radius 1 is 1.28 bits per heavy atom. The Bertz CT molecular complexity index is 763. The van der Waals surface area contributed by atoms with Gasteiger partial charge in [0.05, 0.1) is 11.7 Å². The molecule has 2 aliphatic rings. The van der Waals surface area contributed by atoms with Gasteiger partial charge in [-0.3, -0.25) is 9.48 Å². The molecule has 0 aromatic carbocycles. The Morgan fingerprint density at radius 2 is 2.14 bits per heavy atom. The normalized spacial score (nSPS) is 20.2. The molecule has 7 nitrogen and oxygen atoms in total. The Kier molecular flexibility index (Phi) is 6.44. The molecule has 7 heteroatoms. The molecule has 2 aromatic rings. The Hall–Kier alpha value is -2.41. The summed E-state index contributed by atoms with van der Waals surface area (Å²) in [4.78, 5) is 21.4. The van der Waals surface area contributed by atoms with E-state index in [0.29, 0.717) is 11.5 Å². The van der Waals surface area contributed by atoms with Crippen molar-refractivity contribution >= 4 is 11.7 Å². The molecule has 0 radical (unpaired) electrons. The molecule has 156 valence electrons. The van der Waals surface area contributed by atoms with E-state index in [9.17, 15) is 4.79 Å². The predicted molar refractivity (Wildman–Crippen MR) is 112 cm³/mol. The van der Waals surface area contributed by atoms with Gasteiger partial charge in [-0.05, 0) is 56.2 Å². The van der Waals surface area contributed by atoms with Gasteiger partial charge < -0.3 is 14.5 Å². The first kappa shape index (κ1) is 19.9. The topological polar surface area (TPSA) is 63.5 Å². The first-order valence-electron chi connectivity index (χ1n) is 10.7. The van der Waals surface area contributed by atoms with Crippen molar-refractivity contribution in [1.82, 2.24) is 19.7 Å². The van der Waals surface area contributed by atoms with Gasteiger partial charge in [0.1, 0.15) is 5.82 Å². The number of rotatable bonds is 7. The van der Waals surface area contributed by atoms with Crippen LogP contribution in [0.3, 0.4) is 0 Å². The van der Waals surface area contributed by atoms with Gasteiger partial charge in [-0.15, -0.1) is 0 Å². The van der Waals surface area contributed by atoms with E-state index in [2.05, 4.69) is 15.0 Å². The minimum atomic E-state index is 0.0938. The van der Waals surface area contributed by atoms with Crippen molar-refractivity contribution < 1.29 is 9.53 Å². The molecule has 0 saturated carbocycles. The first-order valence-corrected chi connectivity index (χ1v) is 10.7. The number of piperidine rings is 1. The molecule has 2 fully saturated rings. The number of ether oxygens (including phenoxy) is 1. The fourth-order valence-electron chi connectivity index (χ4n) is 4.28. The molecule has 4 heterocycles. The Balaban J connectivity index is 1.25. The second kappa shape index (κ2) is 9.39. The number of carbonyl (C=O) groups excluding carboxylic acids is 1. The lowest BCUT2D eigenvalue weighted by Gasteiger charge is -2.32. The number of aryl methyl sites for hydroxylation is 1. The van der Waals surface area contributed by atoms with Crippen LogP contribution in [0.4, 0.5) is 5.82 Å². The minimum absolute atomic E-state index is 0.0938. The van der Waals surface area contributed by atoms with E-state index < -0.39 is 0 Å². The second-order valence-corrected chi connectivity index (χ2v) is 8.21. The van der Waals surface area contributed by atoms with Crippen molar-refractivity contribution in [2.24, 2.45) is 5.92 Å². The van der Waals surface area contributed by atoms with Crippen molar-refractivity contribution in [2.75, 3.05) is 38.2 Å². The third kappa shape index (κ3) is 5.15. The van der Waals surface area contributed by atoms with Crippen LogP contribution in [0, 0.1) is 5.92 Å². The molecule has 29 heavy (non-hydrogen) atoms. The summed E-state index contributed by atoms with van der Waals surface area (Å²) in [7, 11) is 2.03. The highest BCUT2D eigenvalue weighted by Crippen LogP contribution is 2.23. The predicted octanol–water partition coefficient (Wildman–Crippen LogP) is 2.84. The van der Waals surface area contributed by atoms with Crippen LogP contribution >= 0.6 is 0 Å². The number of hydrogen-bond acceptors (Lipinski definition) is 5. The van der Waals surface area contributed by atoms with Crippen molar-refractivity contribution in [3.05, 3.63) is 42.4 Å². The average molecular weight is 398 g/mol. The lowest BCUT2D eigenvalue weighted by atomic mass is 9.93. The maximum absolute atomic E-state index is 12.8. The summed E-state index contributed by atoms with van der Waals surface area (Å²) >= 11 is 0. The summed E-state index contributed by atoms with van der Waals surface area (Å²) in [5.74, 6) is 1.64. The largest absolute Gasteiger partial charge is 0.376 e. The zero-order valence-corrected chi connectivity index (χ0v) is 17.2. The molecule has 4 rings (SSSR count). The van der Waals surface area contributed by atoms with Gasteiger partial charge in [-0.1, -0.05) is 0 Å². The molecule has 1 amide bonds. The molecule has 0 aliphatic carbocycles. The third-order valence-electron chi connectivity index (χ3n) is 6.11. The molecule has 2 aliphatic heterocycles. The van der Waals surface area contributed by atoms with Crippen LogP contribution in [0.25, 0.3) is 0 Å². The number of hydrogen-bond donors (Lipinski definition) is 0. The molecule has 1 atom stereocenters. The maximum atomic E-state index is 12.8. The minimum Gasteiger partial charge on any atom is -0.376 e. The number of likely N-dealkylation sites (tertiary alicyclic amines) is 1. The summed E-state index contributed by atoms with van der Waals surface area (Å²) < 4.78 is 7.68. The fourth-order valence-corrected chi connectivity index (χ4v) is 4.28. The van der Waals surface area contributed by atoms with E-state index in [1.165, 1.54) is 0 Å². The van der Waals surface area contributed by atoms with Crippen molar-refractivity contribution in [3.63, 3.8) is 0 Å². The van der Waals surface area contributed by atoms with E-state index in [1.807, 2.05) is 47.2 Å². The standard InChI is InChI=1S/C22H31N5O2/c1-25(17-20-4-2-15-29-20)21-6-5-19(16-23-21)22(28)26-12-7-18(8-13-26)9-14-27-11-3-10-24-27/h3,5-6,10-11,16,18,20H,2,4,7-9,12-15,17H2,1H3. The van der Waals surface area contributed by atoms with Gasteiger partial charge >= 0.3 is 0 Å². The monoisotopic (exact) mass is 397 g/mol. The number of pyridine rings is 1. The van der Waals surface area contributed by atoms with Gasteiger partial charge in [-0.25, -0.2) is 4.98 Å². The molecule has 0 bridgehead atoms. The zero-order valence-electron chi connectivity index (χ0n) is 17.2. The highest BCUT2D eigenvalue weighted by Gasteiger charge is 2.24. The van der Waals surface area contributed by atoms with Crippen LogP contribution in [0.1, 0.15) is 42.5 Å². The molecule has 1 unspecified atom stereocenters. The molecule has 0 spiro atoms. The first-order chi connectivity index (χ1) is 14.2. The number of anilines is 1. The van der Waals surface area contributed by atoms with Gasteiger partial charge in [0.25, 0.3) is 5.91 Å². The molecule has 2 saturated heterocycles. The molecule has 2 aromatic heterocycles. The fraction of sp³-hybridized carbons (Fsp3) is 0.591. The second-order valence-electron chi connectivity index (χ2n) is 8.21. The lowest BCUT2D eigenvalue weighted by Crippen LogP contribution is -2.38. The SMILES string of the molecule is CN(CC1CCCO1)c1ccc(C(=O)N2CCC(CCn3cccn3)CC2)cn1. The van der Waals surface area contributed by atoms with Gasteiger partial charge in [0.15, 0.2) is 0 Å². The maximum Gasteiger partial charge on any atom is 0.255 e. The number of nitrogens with zero attached hydrogens (tertiary/aromatic N) is 5. The van der Waals surface area contributed by atoms with E-state index in [1.54, 1.807) is 6.20 Å². The summed E-state index contributed by atoms with van der Waals surface area (Å²) in [5.41, 5.74) is 0.675. The number of amides is 1. The average Bonchev–Trinajstić information content (AvgIpc) is 3.46. The number of aromatic nitrogens is 3. The summed E-state index contributed by atoms with van der Waals surface area (Å²) in [6.45, 7) is 4.30. The van der Waals surface area contributed by atoms with Crippen LogP contribution in [0.15, 0.2) is 36.8 Å². The van der Waals surface area contributed by atoms with Crippen LogP contribution in [-0.2, 0) is 11.3 Å². The van der Waals surface area contributed by atoms with Gasteiger partial charge in [-0.2, -0.15) is 5.10 Å². The Labute approximate surface area is 172 Å². The van der Waals surface area contributed by atoms with Crippen LogP contribution in [0.2, 0.25) is 0 Å². The van der Waals surface area contributed by atoms with Crippen molar-refractivity contribution in [3.8, 4) is 0 Å². The van der Waals surface area contributed by atoms with Gasteiger partial charge in [0, 0.05) is 58.4 Å². The lowest BCUT2D eigenvalue weighted by molar-refractivity contribution is 0.0684. The highest BCUT2D eigenvalue weighted by molar-refractivity contribution is 5.94. The third-order valence-corrected chi connectivity index (χ3v) is 6.11. The van der Waals surface area contributed by atoms with Crippen LogP contribution < -0.4 is 4.90 Å². The highest BCUT2D eigenvalue weighted by atomic mass is 16.5. The van der Waals surface area contributed by atoms with E-state index in [0.717, 1.165) is 70.7 Å². The van der Waals surface area contributed by atoms with Crippen LogP contribution in [-0.4, -0.2) is 65.0 Å². The number of carbonyl (C=O) groups is 1. The van der Waals surface area contributed by atoms with E-state index in [4.69, 9.17) is 4.74 Å². The smallest absolute Gasteiger partial charge is 0.255 e. The molecular weight excluding hydrogens is 366 g/mol. The summed E-state index contributed by atoms with van der Waals surface area (Å²) in [6.07, 6.45) is 11.3. The van der Waals surface area contributed by atoms with Gasteiger partial charge in [0.2, 0.25) is 0 Å². The van der Waals surface area contributed by atoms with E-state index >= 15 is 0 Å². The van der Waals surface area contributed by atoms with E-state index in [-0.39, 0.29) is 12.0 Å². The quantitative estimate of drug-likeness (QED) is 0.719. The van der Waals surface area contributed by atoms with Crippen molar-refractivity contribution in [1.29, 1.82) is 0 Å². The molecular formula is C22H31N5O2. The number of likely N-dealkylation sites (N-methyl/N-ethyl adjacent to an activating group) is 1.